The fourth-order valence-electron chi connectivity index (χ4n) is 5.01. The van der Waals surface area contributed by atoms with Crippen molar-refractivity contribution in [3.05, 3.63) is 114 Å². The van der Waals surface area contributed by atoms with E-state index in [2.05, 4.69) is 37.2 Å². The summed E-state index contributed by atoms with van der Waals surface area (Å²) in [6, 6.07) is 23.4. The van der Waals surface area contributed by atoms with Crippen LogP contribution in [0.25, 0.3) is 22.2 Å². The molecular formula is C32H29F3N6. The lowest BCUT2D eigenvalue weighted by Crippen LogP contribution is -2.46. The zero-order valence-corrected chi connectivity index (χ0v) is 22.4. The van der Waals surface area contributed by atoms with E-state index in [1.54, 1.807) is 6.20 Å². The molecule has 0 amide bonds. The average Bonchev–Trinajstić information content (AvgIpc) is 3.00. The molecule has 1 saturated heterocycles. The molecule has 1 N–H and O–H groups in total. The number of rotatable bonds is 7. The molecule has 6 rings (SSSR count). The summed E-state index contributed by atoms with van der Waals surface area (Å²) in [5, 5.41) is 3.27. The normalized spacial score (nSPS) is 14.4. The van der Waals surface area contributed by atoms with Crippen molar-refractivity contribution in [2.24, 2.45) is 0 Å². The Hall–Kier alpha value is -4.50. The molecule has 3 aromatic carbocycles. The molecule has 3 heterocycles. The third kappa shape index (κ3) is 6.47. The molecule has 1 fully saturated rings. The second-order valence-electron chi connectivity index (χ2n) is 10.2. The van der Waals surface area contributed by atoms with Gasteiger partial charge in [-0.1, -0.05) is 36.4 Å². The number of nitrogens with zero attached hydrogens (tertiary/aromatic N) is 5. The molecule has 2 aromatic heterocycles. The minimum absolute atomic E-state index is 0.434. The molecule has 0 aliphatic carbocycles. The van der Waals surface area contributed by atoms with Gasteiger partial charge in [0.1, 0.15) is 5.82 Å². The van der Waals surface area contributed by atoms with Crippen molar-refractivity contribution in [2.45, 2.75) is 19.3 Å². The molecule has 6 nitrogen and oxygen atoms in total. The number of hydrogen-bond acceptors (Lipinski definition) is 6. The van der Waals surface area contributed by atoms with Gasteiger partial charge < -0.3 is 10.2 Å². The molecule has 1 aliphatic rings. The Kier molecular flexibility index (Phi) is 7.52. The van der Waals surface area contributed by atoms with Crippen LogP contribution >= 0.6 is 0 Å². The summed E-state index contributed by atoms with van der Waals surface area (Å²) < 4.78 is 38.4. The van der Waals surface area contributed by atoms with Crippen LogP contribution in [0.4, 0.5) is 24.7 Å². The van der Waals surface area contributed by atoms with Crippen LogP contribution in [0.5, 0.6) is 0 Å². The predicted octanol–water partition coefficient (Wildman–Crippen LogP) is 6.64. The lowest BCUT2D eigenvalue weighted by molar-refractivity contribution is -0.137. The Morgan fingerprint density at radius 2 is 1.51 bits per heavy atom. The Labute approximate surface area is 236 Å². The summed E-state index contributed by atoms with van der Waals surface area (Å²) in [7, 11) is 0. The fraction of sp³-hybridized carbons (Fsp3) is 0.219. The summed E-state index contributed by atoms with van der Waals surface area (Å²) >= 11 is 0. The second kappa shape index (κ2) is 11.5. The zero-order chi connectivity index (χ0) is 28.2. The summed E-state index contributed by atoms with van der Waals surface area (Å²) in [5.74, 6) is 0.887. The molecule has 5 aromatic rings. The van der Waals surface area contributed by atoms with E-state index in [1.165, 1.54) is 17.7 Å². The van der Waals surface area contributed by atoms with Gasteiger partial charge in [0.15, 0.2) is 0 Å². The van der Waals surface area contributed by atoms with E-state index in [1.807, 2.05) is 54.9 Å². The second-order valence-corrected chi connectivity index (χ2v) is 10.2. The van der Waals surface area contributed by atoms with Crippen molar-refractivity contribution in [3.63, 3.8) is 0 Å². The molecule has 9 heteroatoms. The standard InChI is InChI=1S/C32H29F3N6/c33-32(34,35)27-8-3-23(4-9-27)20-37-28-10-5-25(6-11-28)26-7-12-29-30(18-26)39-31(21-38-29)41-16-14-40(15-17-41)22-24-2-1-13-36-19-24/h1-13,18-19,21,37H,14-17,20,22H2. The van der Waals surface area contributed by atoms with Crippen molar-refractivity contribution in [2.75, 3.05) is 36.4 Å². The fourth-order valence-corrected chi connectivity index (χ4v) is 5.01. The van der Waals surface area contributed by atoms with Gasteiger partial charge in [-0.3, -0.25) is 14.9 Å². The smallest absolute Gasteiger partial charge is 0.381 e. The van der Waals surface area contributed by atoms with Gasteiger partial charge in [-0.2, -0.15) is 13.2 Å². The van der Waals surface area contributed by atoms with E-state index in [-0.39, 0.29) is 0 Å². The SMILES string of the molecule is FC(F)(F)c1ccc(CNc2ccc(-c3ccc4ncc(N5CCN(Cc6cccnc6)CC5)nc4c3)cc2)cc1. The number of nitrogens with one attached hydrogen (secondary N) is 1. The van der Waals surface area contributed by atoms with Crippen LogP contribution in [0.2, 0.25) is 0 Å². The monoisotopic (exact) mass is 554 g/mol. The van der Waals surface area contributed by atoms with Gasteiger partial charge in [0.2, 0.25) is 0 Å². The van der Waals surface area contributed by atoms with Crippen molar-refractivity contribution >= 4 is 22.5 Å². The van der Waals surface area contributed by atoms with Gasteiger partial charge in [0, 0.05) is 57.3 Å². The highest BCUT2D eigenvalue weighted by atomic mass is 19.4. The highest BCUT2D eigenvalue weighted by Gasteiger charge is 2.29. The van der Waals surface area contributed by atoms with Gasteiger partial charge in [0.25, 0.3) is 0 Å². The molecule has 41 heavy (non-hydrogen) atoms. The number of piperazine rings is 1. The first-order valence-corrected chi connectivity index (χ1v) is 13.5. The molecular weight excluding hydrogens is 525 g/mol. The van der Waals surface area contributed by atoms with Crippen molar-refractivity contribution in [3.8, 4) is 11.1 Å². The Morgan fingerprint density at radius 1 is 0.756 bits per heavy atom. The van der Waals surface area contributed by atoms with Gasteiger partial charge in [0.05, 0.1) is 22.8 Å². The molecule has 208 valence electrons. The molecule has 0 bridgehead atoms. The van der Waals surface area contributed by atoms with E-state index in [9.17, 15) is 13.2 Å². The lowest BCUT2D eigenvalue weighted by atomic mass is 10.0. The molecule has 1 aliphatic heterocycles. The Morgan fingerprint density at radius 3 is 2.22 bits per heavy atom. The average molecular weight is 555 g/mol. The zero-order valence-electron chi connectivity index (χ0n) is 22.4. The Balaban J connectivity index is 1.09. The minimum Gasteiger partial charge on any atom is -0.381 e. The first-order chi connectivity index (χ1) is 19.9. The highest BCUT2D eigenvalue weighted by Crippen LogP contribution is 2.29. The van der Waals surface area contributed by atoms with Gasteiger partial charge in [-0.05, 0) is 64.7 Å². The first-order valence-electron chi connectivity index (χ1n) is 13.5. The maximum Gasteiger partial charge on any atom is 0.416 e. The van der Waals surface area contributed by atoms with E-state index >= 15 is 0 Å². The van der Waals surface area contributed by atoms with Crippen LogP contribution in [-0.4, -0.2) is 46.0 Å². The molecule has 0 unspecified atom stereocenters. The largest absolute Gasteiger partial charge is 0.416 e. The van der Waals surface area contributed by atoms with Crippen LogP contribution in [0.3, 0.4) is 0 Å². The van der Waals surface area contributed by atoms with Crippen LogP contribution < -0.4 is 10.2 Å². The molecule has 0 atom stereocenters. The Bertz CT molecular complexity index is 1600. The van der Waals surface area contributed by atoms with E-state index in [4.69, 9.17) is 4.98 Å². The highest BCUT2D eigenvalue weighted by molar-refractivity contribution is 5.82. The van der Waals surface area contributed by atoms with E-state index in [0.29, 0.717) is 6.54 Å². The van der Waals surface area contributed by atoms with Crippen LogP contribution in [0, 0.1) is 0 Å². The minimum atomic E-state index is -4.33. The van der Waals surface area contributed by atoms with Crippen LogP contribution in [0.15, 0.2) is 97.5 Å². The van der Waals surface area contributed by atoms with Gasteiger partial charge >= 0.3 is 6.18 Å². The van der Waals surface area contributed by atoms with E-state index < -0.39 is 11.7 Å². The predicted molar refractivity (Wildman–Crippen MR) is 155 cm³/mol. The first kappa shape index (κ1) is 26.7. The lowest BCUT2D eigenvalue weighted by Gasteiger charge is -2.35. The number of fused-ring (bicyclic) bond motifs is 1. The number of pyridine rings is 1. The maximum atomic E-state index is 12.8. The summed E-state index contributed by atoms with van der Waals surface area (Å²) in [6.07, 6.45) is 1.25. The molecule has 0 radical (unpaired) electrons. The number of anilines is 2. The van der Waals surface area contributed by atoms with E-state index in [0.717, 1.165) is 84.1 Å². The quantitative estimate of drug-likeness (QED) is 0.243. The number of alkyl halides is 3. The molecule has 0 spiro atoms. The van der Waals surface area contributed by atoms with Crippen molar-refractivity contribution < 1.29 is 13.2 Å². The third-order valence-electron chi connectivity index (χ3n) is 7.35. The third-order valence-corrected chi connectivity index (χ3v) is 7.35. The summed E-state index contributed by atoms with van der Waals surface area (Å²) in [4.78, 5) is 18.5. The summed E-state index contributed by atoms with van der Waals surface area (Å²) in [5.41, 5.74) is 6.03. The molecule has 0 saturated carbocycles. The van der Waals surface area contributed by atoms with Crippen LogP contribution in [-0.2, 0) is 19.3 Å². The topological polar surface area (TPSA) is 57.2 Å². The van der Waals surface area contributed by atoms with Crippen molar-refractivity contribution in [1.82, 2.24) is 19.9 Å². The number of benzene rings is 3. The van der Waals surface area contributed by atoms with Gasteiger partial charge in [-0.15, -0.1) is 0 Å². The van der Waals surface area contributed by atoms with Gasteiger partial charge in [-0.25, -0.2) is 4.98 Å². The number of halogens is 3. The maximum absolute atomic E-state index is 12.8. The number of aromatic nitrogens is 3. The number of hydrogen-bond donors (Lipinski definition) is 1. The van der Waals surface area contributed by atoms with Crippen molar-refractivity contribution in [1.29, 1.82) is 0 Å². The van der Waals surface area contributed by atoms with Crippen LogP contribution in [0.1, 0.15) is 16.7 Å². The summed E-state index contributed by atoms with van der Waals surface area (Å²) in [6.45, 7) is 5.02.